The van der Waals surface area contributed by atoms with Gasteiger partial charge in [0.15, 0.2) is 0 Å². The lowest BCUT2D eigenvalue weighted by Gasteiger charge is -2.10. The van der Waals surface area contributed by atoms with E-state index in [-0.39, 0.29) is 24.2 Å². The van der Waals surface area contributed by atoms with E-state index in [0.717, 1.165) is 6.08 Å². The summed E-state index contributed by atoms with van der Waals surface area (Å²) < 4.78 is 15.4. The first kappa shape index (κ1) is 16.8. The smallest absolute Gasteiger partial charge is 0.379 e. The Hall–Kier alpha value is -2.30. The van der Waals surface area contributed by atoms with Gasteiger partial charge in [-0.25, -0.2) is 9.59 Å². The summed E-state index contributed by atoms with van der Waals surface area (Å²) in [6.45, 7) is 10.9. The molecule has 0 saturated heterocycles. The molecule has 1 rings (SSSR count). The molecule has 0 N–H and O–H groups in total. The summed E-state index contributed by atoms with van der Waals surface area (Å²) in [5.74, 6) is -0.890. The van der Waals surface area contributed by atoms with Crippen LogP contribution < -0.4 is 0 Å². The largest absolute Gasteiger partial charge is 0.479 e. The Morgan fingerprint density at radius 1 is 1.43 bits per heavy atom. The number of ether oxygens (including phenoxy) is 3. The van der Waals surface area contributed by atoms with Gasteiger partial charge in [0, 0.05) is 5.57 Å². The highest BCUT2D eigenvalue weighted by atomic mass is 16.6. The number of carbonyl (C=O) groups is 2. The number of allylic oxidation sites excluding steroid dienone is 2. The van der Waals surface area contributed by atoms with Crippen molar-refractivity contribution in [3.8, 4) is 0 Å². The van der Waals surface area contributed by atoms with Crippen LogP contribution in [0.3, 0.4) is 0 Å². The molecule has 114 valence electrons. The summed E-state index contributed by atoms with van der Waals surface area (Å²) in [4.78, 5) is 23.4. The lowest BCUT2D eigenvalue weighted by atomic mass is 10.1. The minimum Gasteiger partial charge on any atom is -0.479 e. The standard InChI is InChI=1S/C16H20O5/c1-5-8-9-12-13(10-14(17)19-7-3)21-16(18)15(12)20-11(4)6-2/h5-6,10-11H,1-2,7-9H2,3-4H3/b13-10-. The molecule has 1 unspecified atom stereocenters. The number of esters is 2. The van der Waals surface area contributed by atoms with Crippen LogP contribution in [0.5, 0.6) is 0 Å². The fourth-order valence-corrected chi connectivity index (χ4v) is 1.69. The second-order valence-electron chi connectivity index (χ2n) is 4.34. The SMILES string of the molecule is C=CCCC1=C(OC(C)C=C)C(=O)O/C1=C\C(=O)OCC. The van der Waals surface area contributed by atoms with Crippen molar-refractivity contribution in [2.24, 2.45) is 0 Å². The fourth-order valence-electron chi connectivity index (χ4n) is 1.69. The van der Waals surface area contributed by atoms with Gasteiger partial charge in [0.25, 0.3) is 0 Å². The lowest BCUT2D eigenvalue weighted by molar-refractivity contribution is -0.138. The Morgan fingerprint density at radius 3 is 2.71 bits per heavy atom. The third kappa shape index (κ3) is 4.63. The molecule has 0 fully saturated rings. The molecule has 1 aliphatic heterocycles. The highest BCUT2D eigenvalue weighted by molar-refractivity contribution is 5.94. The molecule has 5 heteroatoms. The van der Waals surface area contributed by atoms with Crippen molar-refractivity contribution in [2.75, 3.05) is 6.61 Å². The Labute approximate surface area is 124 Å². The van der Waals surface area contributed by atoms with E-state index in [4.69, 9.17) is 14.2 Å². The van der Waals surface area contributed by atoms with Crippen LogP contribution >= 0.6 is 0 Å². The Morgan fingerprint density at radius 2 is 2.14 bits per heavy atom. The molecule has 0 amide bonds. The van der Waals surface area contributed by atoms with Crippen LogP contribution in [-0.4, -0.2) is 24.6 Å². The topological polar surface area (TPSA) is 61.8 Å². The van der Waals surface area contributed by atoms with Crippen molar-refractivity contribution < 1.29 is 23.8 Å². The van der Waals surface area contributed by atoms with Crippen molar-refractivity contribution in [1.82, 2.24) is 0 Å². The third-order valence-corrected chi connectivity index (χ3v) is 2.73. The molecule has 0 saturated carbocycles. The van der Waals surface area contributed by atoms with Crippen molar-refractivity contribution in [3.05, 3.63) is 48.5 Å². The van der Waals surface area contributed by atoms with E-state index >= 15 is 0 Å². The summed E-state index contributed by atoms with van der Waals surface area (Å²) in [6, 6.07) is 0. The van der Waals surface area contributed by atoms with Crippen molar-refractivity contribution in [2.45, 2.75) is 32.8 Å². The second-order valence-corrected chi connectivity index (χ2v) is 4.34. The zero-order valence-corrected chi connectivity index (χ0v) is 12.4. The van der Waals surface area contributed by atoms with Gasteiger partial charge in [-0.3, -0.25) is 0 Å². The van der Waals surface area contributed by atoms with Crippen molar-refractivity contribution in [1.29, 1.82) is 0 Å². The number of cyclic esters (lactones) is 1. The van der Waals surface area contributed by atoms with Gasteiger partial charge in [-0.2, -0.15) is 0 Å². The minimum atomic E-state index is -0.613. The van der Waals surface area contributed by atoms with Crippen molar-refractivity contribution in [3.63, 3.8) is 0 Å². The summed E-state index contributed by atoms with van der Waals surface area (Å²) in [7, 11) is 0. The molecule has 1 aliphatic rings. The number of rotatable bonds is 8. The quantitative estimate of drug-likeness (QED) is 0.391. The average molecular weight is 292 g/mol. The van der Waals surface area contributed by atoms with E-state index < -0.39 is 11.9 Å². The van der Waals surface area contributed by atoms with E-state index in [2.05, 4.69) is 13.2 Å². The predicted octanol–water partition coefficient (Wildman–Crippen LogP) is 2.80. The van der Waals surface area contributed by atoms with E-state index in [0.29, 0.717) is 18.4 Å². The van der Waals surface area contributed by atoms with Crippen LogP contribution in [0.25, 0.3) is 0 Å². The molecular weight excluding hydrogens is 272 g/mol. The average Bonchev–Trinajstić information content (AvgIpc) is 2.72. The molecule has 0 radical (unpaired) electrons. The molecule has 21 heavy (non-hydrogen) atoms. The zero-order chi connectivity index (χ0) is 15.8. The van der Waals surface area contributed by atoms with Crippen LogP contribution in [0.2, 0.25) is 0 Å². The highest BCUT2D eigenvalue weighted by Gasteiger charge is 2.32. The molecule has 1 heterocycles. The van der Waals surface area contributed by atoms with Crippen molar-refractivity contribution >= 4 is 11.9 Å². The molecule has 0 aliphatic carbocycles. The first-order chi connectivity index (χ1) is 10.0. The highest BCUT2D eigenvalue weighted by Crippen LogP contribution is 2.31. The Balaban J connectivity index is 3.08. The Bertz CT molecular complexity index is 499. The summed E-state index contributed by atoms with van der Waals surface area (Å²) in [5.41, 5.74) is 0.543. The third-order valence-electron chi connectivity index (χ3n) is 2.73. The van der Waals surface area contributed by atoms with Crippen LogP contribution in [-0.2, 0) is 23.8 Å². The summed E-state index contributed by atoms with van der Waals surface area (Å²) >= 11 is 0. The minimum absolute atomic E-state index is 0.111. The van der Waals surface area contributed by atoms with Gasteiger partial charge in [-0.15, -0.1) is 6.58 Å². The van der Waals surface area contributed by atoms with Crippen LogP contribution in [0.15, 0.2) is 48.5 Å². The molecule has 0 bridgehead atoms. The molecule has 5 nitrogen and oxygen atoms in total. The summed E-state index contributed by atoms with van der Waals surface area (Å²) in [5, 5.41) is 0. The van der Waals surface area contributed by atoms with Gasteiger partial charge in [0.2, 0.25) is 5.76 Å². The first-order valence-corrected chi connectivity index (χ1v) is 6.77. The fraction of sp³-hybridized carbons (Fsp3) is 0.375. The monoisotopic (exact) mass is 292 g/mol. The lowest BCUT2D eigenvalue weighted by Crippen LogP contribution is -2.10. The van der Waals surface area contributed by atoms with Gasteiger partial charge in [-0.05, 0) is 26.7 Å². The predicted molar refractivity (Wildman–Crippen MR) is 78.0 cm³/mol. The number of hydrogen-bond acceptors (Lipinski definition) is 5. The molecule has 0 aromatic carbocycles. The van der Waals surface area contributed by atoms with Gasteiger partial charge >= 0.3 is 11.9 Å². The number of carbonyl (C=O) groups excluding carboxylic acids is 2. The molecule has 0 spiro atoms. The maximum Gasteiger partial charge on any atom is 0.379 e. The van der Waals surface area contributed by atoms with E-state index in [1.807, 2.05) is 0 Å². The van der Waals surface area contributed by atoms with E-state index in [1.165, 1.54) is 0 Å². The van der Waals surface area contributed by atoms with Gasteiger partial charge in [0.05, 0.1) is 12.7 Å². The second kappa shape index (κ2) is 8.09. The number of hydrogen-bond donors (Lipinski definition) is 0. The zero-order valence-electron chi connectivity index (χ0n) is 12.4. The molecule has 0 aromatic rings. The van der Waals surface area contributed by atoms with Crippen LogP contribution in [0.4, 0.5) is 0 Å². The normalized spacial score (nSPS) is 17.4. The van der Waals surface area contributed by atoms with Gasteiger partial charge < -0.3 is 14.2 Å². The van der Waals surface area contributed by atoms with Gasteiger partial charge in [0.1, 0.15) is 11.9 Å². The van der Waals surface area contributed by atoms with Crippen LogP contribution in [0, 0.1) is 0 Å². The molecule has 1 atom stereocenters. The first-order valence-electron chi connectivity index (χ1n) is 6.77. The molecular formula is C16H20O5. The Kier molecular flexibility index (Phi) is 6.46. The maximum absolute atomic E-state index is 11.9. The maximum atomic E-state index is 11.9. The van der Waals surface area contributed by atoms with E-state index in [1.54, 1.807) is 26.0 Å². The summed E-state index contributed by atoms with van der Waals surface area (Å²) in [6.07, 6.45) is 5.22. The van der Waals surface area contributed by atoms with Crippen LogP contribution in [0.1, 0.15) is 26.7 Å². The van der Waals surface area contributed by atoms with Gasteiger partial charge in [-0.1, -0.05) is 18.7 Å². The molecule has 0 aromatic heterocycles. The van der Waals surface area contributed by atoms with E-state index in [9.17, 15) is 9.59 Å².